The fraction of sp³-hybridized carbons (Fsp3) is 0.700. The molecule has 1 spiro atoms. The van der Waals surface area contributed by atoms with Gasteiger partial charge in [0.15, 0.2) is 0 Å². The Bertz CT molecular complexity index is 310. The monoisotopic (exact) mass is 219 g/mol. The first-order chi connectivity index (χ1) is 6.94. The zero-order valence-electron chi connectivity index (χ0n) is 8.10. The van der Waals surface area contributed by atoms with Crippen LogP contribution >= 0.6 is 0 Å². The van der Waals surface area contributed by atoms with E-state index < -0.39 is 23.5 Å². The van der Waals surface area contributed by atoms with Gasteiger partial charge in [0.2, 0.25) is 5.91 Å². The van der Waals surface area contributed by atoms with Gasteiger partial charge in [0.25, 0.3) is 0 Å². The molecule has 1 amide bonds. The van der Waals surface area contributed by atoms with Gasteiger partial charge in [-0.2, -0.15) is 13.2 Å². The molecule has 0 radical (unpaired) electrons. The van der Waals surface area contributed by atoms with E-state index >= 15 is 0 Å². The van der Waals surface area contributed by atoms with Gasteiger partial charge in [-0.15, -0.1) is 0 Å². The lowest BCUT2D eigenvalue weighted by Crippen LogP contribution is -2.55. The van der Waals surface area contributed by atoms with Crippen molar-refractivity contribution in [2.24, 2.45) is 5.92 Å². The quantitative estimate of drug-likeness (QED) is 0.664. The van der Waals surface area contributed by atoms with Crippen LogP contribution in [0, 0.1) is 5.92 Å². The fourth-order valence-corrected chi connectivity index (χ4v) is 2.54. The van der Waals surface area contributed by atoms with E-state index in [4.69, 9.17) is 0 Å². The molecule has 84 valence electrons. The first-order valence-corrected chi connectivity index (χ1v) is 5.02. The number of hydrogen-bond donors (Lipinski definition) is 1. The van der Waals surface area contributed by atoms with E-state index in [0.29, 0.717) is 12.8 Å². The molecule has 1 aliphatic heterocycles. The number of rotatable bonds is 0. The molecule has 15 heavy (non-hydrogen) atoms. The van der Waals surface area contributed by atoms with Crippen LogP contribution in [0.3, 0.4) is 0 Å². The second-order valence-corrected chi connectivity index (χ2v) is 4.20. The second-order valence-electron chi connectivity index (χ2n) is 4.20. The van der Waals surface area contributed by atoms with Gasteiger partial charge in [0.1, 0.15) is 0 Å². The van der Waals surface area contributed by atoms with Crippen LogP contribution < -0.4 is 5.32 Å². The first kappa shape index (κ1) is 10.5. The number of alkyl halides is 3. The fourth-order valence-electron chi connectivity index (χ4n) is 2.54. The van der Waals surface area contributed by atoms with Crippen molar-refractivity contribution in [3.05, 3.63) is 12.2 Å². The zero-order valence-corrected chi connectivity index (χ0v) is 8.10. The summed E-state index contributed by atoms with van der Waals surface area (Å²) in [7, 11) is 0. The summed E-state index contributed by atoms with van der Waals surface area (Å²) in [6.07, 6.45) is 0.180. The predicted octanol–water partition coefficient (Wildman–Crippen LogP) is 2.16. The lowest BCUT2D eigenvalue weighted by atomic mass is 9.73. The van der Waals surface area contributed by atoms with E-state index in [9.17, 15) is 18.0 Å². The Morgan fingerprint density at radius 3 is 2.67 bits per heavy atom. The SMILES string of the molecule is O=C1C=CC2(CCCCC2C(F)(F)F)N1. The second kappa shape index (κ2) is 3.25. The zero-order chi connectivity index (χ0) is 11.1. The normalized spacial score (nSPS) is 35.9. The van der Waals surface area contributed by atoms with Gasteiger partial charge in [-0.3, -0.25) is 4.79 Å². The van der Waals surface area contributed by atoms with Crippen molar-refractivity contribution in [2.75, 3.05) is 0 Å². The van der Waals surface area contributed by atoms with Crippen molar-refractivity contribution >= 4 is 5.91 Å². The molecule has 0 aromatic carbocycles. The molecule has 2 unspecified atom stereocenters. The van der Waals surface area contributed by atoms with Crippen LogP contribution in [-0.2, 0) is 4.79 Å². The summed E-state index contributed by atoms with van der Waals surface area (Å²) in [6, 6.07) is 0. The number of amides is 1. The first-order valence-electron chi connectivity index (χ1n) is 5.02. The van der Waals surface area contributed by atoms with Gasteiger partial charge >= 0.3 is 6.18 Å². The maximum atomic E-state index is 12.8. The van der Waals surface area contributed by atoms with Gasteiger partial charge in [0.05, 0.1) is 11.5 Å². The number of hydrogen-bond acceptors (Lipinski definition) is 1. The van der Waals surface area contributed by atoms with Crippen molar-refractivity contribution in [1.82, 2.24) is 5.32 Å². The van der Waals surface area contributed by atoms with Crippen LogP contribution in [0.5, 0.6) is 0 Å². The molecule has 0 bridgehead atoms. The Morgan fingerprint density at radius 1 is 1.40 bits per heavy atom. The van der Waals surface area contributed by atoms with Crippen molar-refractivity contribution in [3.8, 4) is 0 Å². The van der Waals surface area contributed by atoms with E-state index in [1.165, 1.54) is 12.2 Å². The summed E-state index contributed by atoms with van der Waals surface area (Å²) < 4.78 is 38.3. The third kappa shape index (κ3) is 1.75. The van der Waals surface area contributed by atoms with Crippen molar-refractivity contribution in [2.45, 2.75) is 37.4 Å². The predicted molar refractivity (Wildman–Crippen MR) is 48.0 cm³/mol. The summed E-state index contributed by atoms with van der Waals surface area (Å²) >= 11 is 0. The maximum absolute atomic E-state index is 12.8. The average Bonchev–Trinajstić information content (AvgIpc) is 2.47. The standard InChI is InChI=1S/C10H12F3NO/c11-10(12,13)7-3-1-2-5-9(7)6-4-8(15)14-9/h4,6-7H,1-3,5H2,(H,14,15). The molecule has 2 aliphatic rings. The van der Waals surface area contributed by atoms with Crippen molar-refractivity contribution in [3.63, 3.8) is 0 Å². The molecule has 1 heterocycles. The summed E-state index contributed by atoms with van der Waals surface area (Å²) in [5.74, 6) is -1.84. The minimum atomic E-state index is -4.23. The van der Waals surface area contributed by atoms with Crippen LogP contribution in [0.15, 0.2) is 12.2 Å². The summed E-state index contributed by atoms with van der Waals surface area (Å²) in [4.78, 5) is 11.0. The number of nitrogens with one attached hydrogen (secondary N) is 1. The van der Waals surface area contributed by atoms with E-state index in [2.05, 4.69) is 5.32 Å². The van der Waals surface area contributed by atoms with Crippen molar-refractivity contribution < 1.29 is 18.0 Å². The molecular weight excluding hydrogens is 207 g/mol. The Hall–Kier alpha value is -1.00. The summed E-state index contributed by atoms with van der Waals surface area (Å²) in [6.45, 7) is 0. The summed E-state index contributed by atoms with van der Waals surface area (Å²) in [5, 5.41) is 2.46. The molecule has 5 heteroatoms. The molecular formula is C10H12F3NO. The van der Waals surface area contributed by atoms with Gasteiger partial charge in [-0.25, -0.2) is 0 Å². The third-order valence-electron chi connectivity index (χ3n) is 3.24. The lowest BCUT2D eigenvalue weighted by Gasteiger charge is -2.41. The summed E-state index contributed by atoms with van der Waals surface area (Å²) in [5.41, 5.74) is -1.16. The Labute approximate surface area is 85.5 Å². The molecule has 1 N–H and O–H groups in total. The third-order valence-corrected chi connectivity index (χ3v) is 3.24. The highest BCUT2D eigenvalue weighted by molar-refractivity contribution is 5.91. The molecule has 0 aromatic rings. The molecule has 1 fully saturated rings. The highest BCUT2D eigenvalue weighted by Crippen LogP contribution is 2.45. The Morgan fingerprint density at radius 2 is 2.13 bits per heavy atom. The van der Waals surface area contributed by atoms with Crippen LogP contribution in [0.2, 0.25) is 0 Å². The van der Waals surface area contributed by atoms with Crippen LogP contribution in [0.1, 0.15) is 25.7 Å². The van der Waals surface area contributed by atoms with E-state index in [1.807, 2.05) is 0 Å². The highest BCUT2D eigenvalue weighted by Gasteiger charge is 2.55. The van der Waals surface area contributed by atoms with Crippen LogP contribution in [0.25, 0.3) is 0 Å². The molecule has 1 aliphatic carbocycles. The number of carbonyl (C=O) groups excluding carboxylic acids is 1. The topological polar surface area (TPSA) is 29.1 Å². The Balaban J connectivity index is 2.28. The van der Waals surface area contributed by atoms with E-state index in [-0.39, 0.29) is 6.42 Å². The van der Waals surface area contributed by atoms with Gasteiger partial charge in [-0.05, 0) is 12.8 Å². The number of carbonyl (C=O) groups is 1. The largest absolute Gasteiger partial charge is 0.394 e. The molecule has 2 rings (SSSR count). The Kier molecular flexibility index (Phi) is 2.28. The van der Waals surface area contributed by atoms with Crippen molar-refractivity contribution in [1.29, 1.82) is 0 Å². The van der Waals surface area contributed by atoms with E-state index in [1.54, 1.807) is 0 Å². The highest BCUT2D eigenvalue weighted by atomic mass is 19.4. The van der Waals surface area contributed by atoms with Gasteiger partial charge < -0.3 is 5.32 Å². The number of halogens is 3. The minimum absolute atomic E-state index is 0.105. The van der Waals surface area contributed by atoms with Crippen LogP contribution in [0.4, 0.5) is 13.2 Å². The van der Waals surface area contributed by atoms with Gasteiger partial charge in [0, 0.05) is 6.08 Å². The molecule has 1 saturated carbocycles. The smallest absolute Gasteiger partial charge is 0.343 e. The van der Waals surface area contributed by atoms with E-state index in [0.717, 1.165) is 6.42 Å². The average molecular weight is 219 g/mol. The van der Waals surface area contributed by atoms with Crippen LogP contribution in [-0.4, -0.2) is 17.6 Å². The molecule has 0 saturated heterocycles. The molecule has 0 aromatic heterocycles. The maximum Gasteiger partial charge on any atom is 0.394 e. The lowest BCUT2D eigenvalue weighted by molar-refractivity contribution is -0.197. The molecule has 2 nitrogen and oxygen atoms in total. The molecule has 2 atom stereocenters. The van der Waals surface area contributed by atoms with Gasteiger partial charge in [-0.1, -0.05) is 18.9 Å². The minimum Gasteiger partial charge on any atom is -0.343 e.